The van der Waals surface area contributed by atoms with Crippen LogP contribution < -0.4 is 0 Å². The summed E-state index contributed by atoms with van der Waals surface area (Å²) in [6.07, 6.45) is 3.20. The Balaban J connectivity index is 1.65. The van der Waals surface area contributed by atoms with Gasteiger partial charge in [0.15, 0.2) is 0 Å². The monoisotopic (exact) mass is 337 g/mol. The molecule has 4 nitrogen and oxygen atoms in total. The van der Waals surface area contributed by atoms with E-state index in [0.717, 1.165) is 23.1 Å². The fraction of sp³-hybridized carbons (Fsp3) is 0.438. The summed E-state index contributed by atoms with van der Waals surface area (Å²) in [6, 6.07) is 10.3. The van der Waals surface area contributed by atoms with E-state index >= 15 is 0 Å². The molecule has 0 spiro atoms. The predicted octanol–water partition coefficient (Wildman–Crippen LogP) is 2.69. The highest BCUT2D eigenvalue weighted by molar-refractivity contribution is 7.99. The minimum Gasteiger partial charge on any atom is -0.390 e. The Morgan fingerprint density at radius 1 is 1.32 bits per heavy atom. The number of benzene rings is 1. The van der Waals surface area contributed by atoms with Crippen LogP contribution in [0.3, 0.4) is 0 Å². The van der Waals surface area contributed by atoms with Crippen LogP contribution in [0.4, 0.5) is 0 Å². The standard InChI is InChI=1S/C16H20ClN3OS/c17-14-4-2-13(3-5-14)16-12-22-9-8-19(16)10-15(21)11-20-7-1-6-18-20/h1-7,15-16,21H,8-12H2/t15-,16+/m0/s1. The highest BCUT2D eigenvalue weighted by Crippen LogP contribution is 2.30. The van der Waals surface area contributed by atoms with Crippen LogP contribution in [0.15, 0.2) is 42.7 Å². The Kier molecular flexibility index (Phi) is 5.41. The molecule has 3 rings (SSSR count). The fourth-order valence-corrected chi connectivity index (χ4v) is 4.08. The van der Waals surface area contributed by atoms with Crippen LogP contribution in [0.2, 0.25) is 5.02 Å². The number of β-amino-alcohol motifs (C(OH)–C–C–N with tert-alkyl or cyclic N) is 1. The van der Waals surface area contributed by atoms with Gasteiger partial charge in [-0.25, -0.2) is 0 Å². The second-order valence-electron chi connectivity index (χ2n) is 5.52. The maximum atomic E-state index is 10.4. The highest BCUT2D eigenvalue weighted by atomic mass is 35.5. The Morgan fingerprint density at radius 3 is 2.86 bits per heavy atom. The van der Waals surface area contributed by atoms with Crippen molar-refractivity contribution in [2.45, 2.75) is 18.7 Å². The molecule has 0 bridgehead atoms. The maximum absolute atomic E-state index is 10.4. The van der Waals surface area contributed by atoms with E-state index in [1.54, 1.807) is 10.9 Å². The van der Waals surface area contributed by atoms with Gasteiger partial charge in [0.25, 0.3) is 0 Å². The zero-order chi connectivity index (χ0) is 15.4. The molecular weight excluding hydrogens is 318 g/mol. The molecule has 1 aromatic carbocycles. The van der Waals surface area contributed by atoms with Crippen molar-refractivity contribution in [2.24, 2.45) is 0 Å². The number of aliphatic hydroxyl groups is 1. The Morgan fingerprint density at radius 2 is 2.14 bits per heavy atom. The number of hydrogen-bond donors (Lipinski definition) is 1. The second-order valence-corrected chi connectivity index (χ2v) is 7.11. The summed E-state index contributed by atoms with van der Waals surface area (Å²) in [5.41, 5.74) is 1.27. The van der Waals surface area contributed by atoms with Crippen LogP contribution in [0.1, 0.15) is 11.6 Å². The molecule has 1 aliphatic rings. The van der Waals surface area contributed by atoms with Gasteiger partial charge in [0.2, 0.25) is 0 Å². The van der Waals surface area contributed by atoms with Gasteiger partial charge >= 0.3 is 0 Å². The zero-order valence-corrected chi connectivity index (χ0v) is 13.9. The van der Waals surface area contributed by atoms with Crippen LogP contribution in [-0.2, 0) is 6.54 Å². The zero-order valence-electron chi connectivity index (χ0n) is 12.3. The van der Waals surface area contributed by atoms with Gasteiger partial charge in [-0.2, -0.15) is 16.9 Å². The fourth-order valence-electron chi connectivity index (χ4n) is 2.80. The Labute approximate surface area is 140 Å². The molecule has 1 fully saturated rings. The second kappa shape index (κ2) is 7.51. The average molecular weight is 338 g/mol. The third kappa shape index (κ3) is 4.04. The van der Waals surface area contributed by atoms with Crippen molar-refractivity contribution in [3.05, 3.63) is 53.3 Å². The van der Waals surface area contributed by atoms with E-state index in [1.807, 2.05) is 36.2 Å². The van der Waals surface area contributed by atoms with Crippen molar-refractivity contribution in [1.82, 2.24) is 14.7 Å². The number of halogens is 1. The van der Waals surface area contributed by atoms with E-state index in [1.165, 1.54) is 5.56 Å². The topological polar surface area (TPSA) is 41.3 Å². The minimum atomic E-state index is -0.419. The number of rotatable bonds is 5. The van der Waals surface area contributed by atoms with Crippen molar-refractivity contribution in [2.75, 3.05) is 24.6 Å². The smallest absolute Gasteiger partial charge is 0.0862 e. The van der Waals surface area contributed by atoms with E-state index < -0.39 is 6.10 Å². The molecule has 2 heterocycles. The summed E-state index contributed by atoms with van der Waals surface area (Å²) in [4.78, 5) is 2.37. The van der Waals surface area contributed by atoms with E-state index in [4.69, 9.17) is 11.6 Å². The molecule has 0 aliphatic carbocycles. The Hall–Kier alpha value is -1.01. The minimum absolute atomic E-state index is 0.336. The van der Waals surface area contributed by atoms with E-state index in [9.17, 15) is 5.11 Å². The molecule has 118 valence electrons. The first-order valence-corrected chi connectivity index (χ1v) is 8.98. The molecule has 0 unspecified atom stereocenters. The van der Waals surface area contributed by atoms with Gasteiger partial charge in [0, 0.05) is 48.1 Å². The lowest BCUT2D eigenvalue weighted by molar-refractivity contribution is 0.0793. The maximum Gasteiger partial charge on any atom is 0.0862 e. The van der Waals surface area contributed by atoms with Crippen molar-refractivity contribution in [1.29, 1.82) is 0 Å². The number of aromatic nitrogens is 2. The summed E-state index contributed by atoms with van der Waals surface area (Å²) in [6.45, 7) is 2.19. The first-order valence-electron chi connectivity index (χ1n) is 7.45. The number of hydrogen-bond acceptors (Lipinski definition) is 4. The number of nitrogens with zero attached hydrogens (tertiary/aromatic N) is 3. The van der Waals surface area contributed by atoms with Crippen LogP contribution in [0, 0.1) is 0 Å². The number of thioether (sulfide) groups is 1. The molecule has 6 heteroatoms. The summed E-state index contributed by atoms with van der Waals surface area (Å²) < 4.78 is 1.78. The molecule has 2 atom stereocenters. The largest absolute Gasteiger partial charge is 0.390 e. The summed E-state index contributed by atoms with van der Waals surface area (Å²) >= 11 is 7.95. The third-order valence-corrected chi connectivity index (χ3v) is 5.17. The molecule has 1 saturated heterocycles. The van der Waals surface area contributed by atoms with E-state index in [2.05, 4.69) is 22.1 Å². The van der Waals surface area contributed by atoms with Crippen molar-refractivity contribution in [3.8, 4) is 0 Å². The number of aliphatic hydroxyl groups excluding tert-OH is 1. The van der Waals surface area contributed by atoms with Crippen LogP contribution in [0.5, 0.6) is 0 Å². The Bertz CT molecular complexity index is 576. The molecule has 1 aromatic heterocycles. The van der Waals surface area contributed by atoms with E-state index in [0.29, 0.717) is 19.1 Å². The van der Waals surface area contributed by atoms with Gasteiger partial charge in [-0.1, -0.05) is 23.7 Å². The van der Waals surface area contributed by atoms with Crippen LogP contribution in [-0.4, -0.2) is 50.5 Å². The molecule has 0 radical (unpaired) electrons. The van der Waals surface area contributed by atoms with Crippen molar-refractivity contribution >= 4 is 23.4 Å². The lowest BCUT2D eigenvalue weighted by atomic mass is 10.1. The van der Waals surface area contributed by atoms with E-state index in [-0.39, 0.29) is 0 Å². The van der Waals surface area contributed by atoms with Gasteiger partial charge in [-0.05, 0) is 23.8 Å². The van der Waals surface area contributed by atoms with Crippen LogP contribution in [0.25, 0.3) is 0 Å². The molecule has 1 N–H and O–H groups in total. The SMILES string of the molecule is O[C@@H](CN1CCSC[C@@H]1c1ccc(Cl)cc1)Cn1cccn1. The summed E-state index contributed by atoms with van der Waals surface area (Å²) in [5.74, 6) is 2.16. The van der Waals surface area contributed by atoms with Crippen molar-refractivity contribution < 1.29 is 5.11 Å². The average Bonchev–Trinajstić information content (AvgIpc) is 3.01. The molecule has 2 aromatic rings. The van der Waals surface area contributed by atoms with Gasteiger partial charge in [0.1, 0.15) is 0 Å². The molecule has 0 saturated carbocycles. The first-order chi connectivity index (χ1) is 10.7. The van der Waals surface area contributed by atoms with Gasteiger partial charge in [-0.3, -0.25) is 9.58 Å². The third-order valence-electron chi connectivity index (χ3n) is 3.90. The normalized spacial score (nSPS) is 20.9. The van der Waals surface area contributed by atoms with Gasteiger partial charge < -0.3 is 5.11 Å². The lowest BCUT2D eigenvalue weighted by Gasteiger charge is -2.36. The quantitative estimate of drug-likeness (QED) is 0.910. The highest BCUT2D eigenvalue weighted by Gasteiger charge is 2.26. The van der Waals surface area contributed by atoms with Gasteiger partial charge in [0.05, 0.1) is 12.6 Å². The molecule has 1 aliphatic heterocycles. The molecule has 22 heavy (non-hydrogen) atoms. The summed E-state index contributed by atoms with van der Waals surface area (Å²) in [5, 5.41) is 15.3. The first kappa shape index (κ1) is 15.9. The van der Waals surface area contributed by atoms with Crippen molar-refractivity contribution in [3.63, 3.8) is 0 Å². The lowest BCUT2D eigenvalue weighted by Crippen LogP contribution is -2.42. The van der Waals surface area contributed by atoms with Gasteiger partial charge in [-0.15, -0.1) is 0 Å². The summed E-state index contributed by atoms with van der Waals surface area (Å²) in [7, 11) is 0. The molecular formula is C16H20ClN3OS. The molecule has 0 amide bonds. The van der Waals surface area contributed by atoms with Crippen LogP contribution >= 0.6 is 23.4 Å². The predicted molar refractivity (Wildman–Crippen MR) is 91.3 cm³/mol.